The number of carbonyl (C=O) groups excluding carboxylic acids is 1. The number of nitrogens with two attached hydrogens (primary N) is 1. The van der Waals surface area contributed by atoms with Crippen molar-refractivity contribution in [2.45, 2.75) is 39.2 Å². The molecular weight excluding hydrogens is 304 g/mol. The van der Waals surface area contributed by atoms with E-state index in [0.29, 0.717) is 18.9 Å². The van der Waals surface area contributed by atoms with Crippen LogP contribution in [0.4, 0.5) is 0 Å². The summed E-state index contributed by atoms with van der Waals surface area (Å²) in [5, 5.41) is 3.03. The first-order valence-corrected chi connectivity index (χ1v) is 7.54. The topological polar surface area (TPSA) is 55.1 Å². The highest BCUT2D eigenvalue weighted by atomic mass is 79.9. The maximum atomic E-state index is 11.8. The molecule has 0 fully saturated rings. The van der Waals surface area contributed by atoms with Crippen molar-refractivity contribution >= 4 is 21.8 Å². The second kappa shape index (κ2) is 8.33. The lowest BCUT2D eigenvalue weighted by atomic mass is 10.0. The van der Waals surface area contributed by atoms with Gasteiger partial charge in [-0.15, -0.1) is 0 Å². The molecule has 1 aromatic carbocycles. The number of rotatable bonds is 7. The highest BCUT2D eigenvalue weighted by molar-refractivity contribution is 9.10. The molecule has 2 unspecified atom stereocenters. The van der Waals surface area contributed by atoms with Gasteiger partial charge in [-0.1, -0.05) is 35.0 Å². The predicted molar refractivity (Wildman–Crippen MR) is 82.9 cm³/mol. The molecule has 0 spiro atoms. The molecule has 1 rings (SSSR count). The van der Waals surface area contributed by atoms with Gasteiger partial charge in [0.2, 0.25) is 5.91 Å². The van der Waals surface area contributed by atoms with E-state index in [-0.39, 0.29) is 11.9 Å². The Balaban J connectivity index is 2.32. The van der Waals surface area contributed by atoms with E-state index in [0.717, 1.165) is 17.3 Å². The van der Waals surface area contributed by atoms with Crippen LogP contribution in [0.2, 0.25) is 0 Å². The molecule has 0 saturated heterocycles. The second-order valence-corrected chi connectivity index (χ2v) is 6.09. The number of nitrogens with one attached hydrogen (secondary N) is 1. The molecule has 0 radical (unpaired) electrons. The first-order valence-electron chi connectivity index (χ1n) is 6.75. The van der Waals surface area contributed by atoms with Gasteiger partial charge < -0.3 is 11.1 Å². The summed E-state index contributed by atoms with van der Waals surface area (Å²) in [4.78, 5) is 11.8. The Morgan fingerprint density at radius 1 is 1.32 bits per heavy atom. The van der Waals surface area contributed by atoms with Gasteiger partial charge in [0, 0.05) is 16.9 Å². The van der Waals surface area contributed by atoms with Crippen LogP contribution in [-0.2, 0) is 11.2 Å². The Bertz CT molecular complexity index is 392. The highest BCUT2D eigenvalue weighted by Gasteiger charge is 2.09. The van der Waals surface area contributed by atoms with E-state index < -0.39 is 0 Å². The summed E-state index contributed by atoms with van der Waals surface area (Å²) in [6.07, 6.45) is 2.27. The highest BCUT2D eigenvalue weighted by Crippen LogP contribution is 2.12. The van der Waals surface area contributed by atoms with Gasteiger partial charge in [0.1, 0.15) is 0 Å². The van der Waals surface area contributed by atoms with Gasteiger partial charge in [-0.2, -0.15) is 0 Å². The summed E-state index contributed by atoms with van der Waals surface area (Å²) in [6.45, 7) is 4.74. The normalized spacial score (nSPS) is 13.9. The predicted octanol–water partition coefficient (Wildman–Crippen LogP) is 2.87. The minimum absolute atomic E-state index is 0.116. The lowest BCUT2D eigenvalue weighted by molar-refractivity contribution is -0.121. The number of carbonyl (C=O) groups is 1. The van der Waals surface area contributed by atoms with Crippen LogP contribution in [0, 0.1) is 5.92 Å². The van der Waals surface area contributed by atoms with Crippen molar-refractivity contribution in [1.82, 2.24) is 5.32 Å². The lowest BCUT2D eigenvalue weighted by Gasteiger charge is -2.15. The molecule has 2 atom stereocenters. The summed E-state index contributed by atoms with van der Waals surface area (Å²) in [7, 11) is 0. The third kappa shape index (κ3) is 6.73. The van der Waals surface area contributed by atoms with E-state index in [4.69, 9.17) is 5.73 Å². The molecule has 19 heavy (non-hydrogen) atoms. The van der Waals surface area contributed by atoms with Crippen LogP contribution in [0.5, 0.6) is 0 Å². The molecule has 3 N–H and O–H groups in total. The van der Waals surface area contributed by atoms with Gasteiger partial charge in [0.05, 0.1) is 0 Å². The van der Waals surface area contributed by atoms with Crippen LogP contribution in [0.15, 0.2) is 28.7 Å². The Morgan fingerprint density at radius 3 is 2.53 bits per heavy atom. The van der Waals surface area contributed by atoms with Crippen LogP contribution in [-0.4, -0.2) is 18.5 Å². The van der Waals surface area contributed by atoms with E-state index in [2.05, 4.69) is 40.3 Å². The number of halogens is 1. The largest absolute Gasteiger partial charge is 0.353 e. The van der Waals surface area contributed by atoms with Gasteiger partial charge in [-0.3, -0.25) is 4.79 Å². The van der Waals surface area contributed by atoms with E-state index in [9.17, 15) is 4.79 Å². The minimum Gasteiger partial charge on any atom is -0.353 e. The molecular formula is C15H23BrN2O. The Kier molecular flexibility index (Phi) is 7.10. The van der Waals surface area contributed by atoms with Gasteiger partial charge in [-0.25, -0.2) is 0 Å². The number of benzene rings is 1. The summed E-state index contributed by atoms with van der Waals surface area (Å²) in [5.41, 5.74) is 6.77. The van der Waals surface area contributed by atoms with E-state index in [1.54, 1.807) is 0 Å². The van der Waals surface area contributed by atoms with Crippen molar-refractivity contribution in [3.05, 3.63) is 34.3 Å². The van der Waals surface area contributed by atoms with Crippen molar-refractivity contribution < 1.29 is 4.79 Å². The molecule has 0 aliphatic rings. The molecule has 0 bridgehead atoms. The summed E-state index contributed by atoms with van der Waals surface area (Å²) in [5.74, 6) is 0.525. The van der Waals surface area contributed by atoms with Gasteiger partial charge >= 0.3 is 0 Å². The first-order chi connectivity index (χ1) is 9.01. The van der Waals surface area contributed by atoms with Gasteiger partial charge in [0.25, 0.3) is 0 Å². The van der Waals surface area contributed by atoms with E-state index in [1.807, 2.05) is 19.1 Å². The van der Waals surface area contributed by atoms with Crippen molar-refractivity contribution in [2.75, 3.05) is 6.54 Å². The first kappa shape index (κ1) is 16.2. The average molecular weight is 327 g/mol. The van der Waals surface area contributed by atoms with Crippen molar-refractivity contribution in [2.24, 2.45) is 11.7 Å². The molecule has 0 aliphatic carbocycles. The minimum atomic E-state index is 0.116. The number of amides is 1. The number of hydrogen-bond acceptors (Lipinski definition) is 2. The average Bonchev–Trinajstić information content (AvgIpc) is 2.38. The van der Waals surface area contributed by atoms with Gasteiger partial charge in [0.15, 0.2) is 0 Å². The molecule has 0 aromatic heterocycles. The molecule has 3 nitrogen and oxygen atoms in total. The zero-order valence-electron chi connectivity index (χ0n) is 11.7. The third-order valence-electron chi connectivity index (χ3n) is 3.13. The van der Waals surface area contributed by atoms with E-state index in [1.165, 1.54) is 5.56 Å². The molecule has 1 aromatic rings. The molecule has 1 amide bonds. The Hall–Kier alpha value is -0.870. The molecule has 106 valence electrons. The summed E-state index contributed by atoms with van der Waals surface area (Å²) >= 11 is 3.41. The molecule has 4 heteroatoms. The number of hydrogen-bond donors (Lipinski definition) is 2. The molecule has 0 aliphatic heterocycles. The summed E-state index contributed by atoms with van der Waals surface area (Å²) < 4.78 is 1.07. The fourth-order valence-corrected chi connectivity index (χ4v) is 2.13. The summed E-state index contributed by atoms with van der Waals surface area (Å²) in [6, 6.07) is 8.34. The molecule has 0 heterocycles. The molecule has 0 saturated carbocycles. The zero-order valence-corrected chi connectivity index (χ0v) is 13.2. The lowest BCUT2D eigenvalue weighted by Crippen LogP contribution is -2.34. The third-order valence-corrected chi connectivity index (χ3v) is 3.66. The van der Waals surface area contributed by atoms with Crippen LogP contribution < -0.4 is 11.1 Å². The standard InChI is InChI=1S/C15H23BrN2O/c1-11(10-17)3-8-15(19)18-12(2)9-13-4-6-14(16)7-5-13/h4-7,11-12H,3,8-10,17H2,1-2H3,(H,18,19). The van der Waals surface area contributed by atoms with Crippen molar-refractivity contribution in [1.29, 1.82) is 0 Å². The maximum absolute atomic E-state index is 11.8. The quantitative estimate of drug-likeness (QED) is 0.809. The van der Waals surface area contributed by atoms with Crippen LogP contribution >= 0.6 is 15.9 Å². The van der Waals surface area contributed by atoms with Gasteiger partial charge in [-0.05, 0) is 49.9 Å². The fraction of sp³-hybridized carbons (Fsp3) is 0.533. The fourth-order valence-electron chi connectivity index (χ4n) is 1.87. The smallest absolute Gasteiger partial charge is 0.220 e. The SMILES string of the molecule is CC(CN)CCC(=O)NC(C)Cc1ccc(Br)cc1. The Labute approximate surface area is 124 Å². The van der Waals surface area contributed by atoms with Crippen LogP contribution in [0.1, 0.15) is 32.3 Å². The van der Waals surface area contributed by atoms with Crippen LogP contribution in [0.25, 0.3) is 0 Å². The second-order valence-electron chi connectivity index (χ2n) is 5.18. The van der Waals surface area contributed by atoms with Crippen molar-refractivity contribution in [3.8, 4) is 0 Å². The zero-order chi connectivity index (χ0) is 14.3. The monoisotopic (exact) mass is 326 g/mol. The van der Waals surface area contributed by atoms with Crippen LogP contribution in [0.3, 0.4) is 0 Å². The van der Waals surface area contributed by atoms with Crippen molar-refractivity contribution in [3.63, 3.8) is 0 Å². The maximum Gasteiger partial charge on any atom is 0.220 e. The Morgan fingerprint density at radius 2 is 1.95 bits per heavy atom. The van der Waals surface area contributed by atoms with E-state index >= 15 is 0 Å².